The van der Waals surface area contributed by atoms with E-state index in [4.69, 9.17) is 28.4 Å². The Morgan fingerprint density at radius 2 is 1.59 bits per heavy atom. The Morgan fingerprint density at radius 3 is 2.18 bits per heavy atom. The molecule has 6 atom stereocenters. The third-order valence-electron chi connectivity index (χ3n) is 11.3. The SMILES string of the molecule is COC[C@]1(OC)CC[C@H]2[C@@H]3CC[C@@]4(O)CC(OC)(OC)CC(c5ccc(C(OC)OC)cc5)C4=C3CC[C@@]21C. The van der Waals surface area contributed by atoms with Gasteiger partial charge < -0.3 is 33.5 Å². The molecule has 1 N–H and O–H groups in total. The van der Waals surface area contributed by atoms with Gasteiger partial charge in [-0.05, 0) is 61.5 Å². The van der Waals surface area contributed by atoms with E-state index in [0.29, 0.717) is 37.7 Å². The summed E-state index contributed by atoms with van der Waals surface area (Å²) < 4.78 is 34.9. The van der Waals surface area contributed by atoms with Crippen LogP contribution in [-0.2, 0) is 28.4 Å². The van der Waals surface area contributed by atoms with E-state index in [1.54, 1.807) is 35.5 Å². The number of rotatable bonds is 9. The van der Waals surface area contributed by atoms with Crippen LogP contribution in [0, 0.1) is 17.3 Å². The molecule has 0 spiro atoms. The average molecular weight is 545 g/mol. The van der Waals surface area contributed by atoms with Gasteiger partial charge in [0.05, 0.1) is 17.8 Å². The van der Waals surface area contributed by atoms with Crippen LogP contribution in [0.25, 0.3) is 0 Å². The van der Waals surface area contributed by atoms with Gasteiger partial charge in [0.15, 0.2) is 12.1 Å². The summed E-state index contributed by atoms with van der Waals surface area (Å²) >= 11 is 0. The minimum Gasteiger partial charge on any atom is -0.385 e. The molecule has 0 bridgehead atoms. The molecule has 3 saturated carbocycles. The van der Waals surface area contributed by atoms with Crippen molar-refractivity contribution in [3.63, 3.8) is 0 Å². The van der Waals surface area contributed by atoms with E-state index in [-0.39, 0.29) is 16.9 Å². The van der Waals surface area contributed by atoms with Crippen molar-refractivity contribution in [2.24, 2.45) is 17.3 Å². The van der Waals surface area contributed by atoms with Gasteiger partial charge in [0.2, 0.25) is 0 Å². The largest absolute Gasteiger partial charge is 0.385 e. The summed E-state index contributed by atoms with van der Waals surface area (Å²) in [6.45, 7) is 3.05. The Morgan fingerprint density at radius 1 is 0.897 bits per heavy atom. The molecular formula is C32H48O7. The van der Waals surface area contributed by atoms with Crippen LogP contribution in [0.4, 0.5) is 0 Å². The van der Waals surface area contributed by atoms with Gasteiger partial charge in [-0.25, -0.2) is 0 Å². The zero-order valence-corrected chi connectivity index (χ0v) is 24.9. The van der Waals surface area contributed by atoms with Crippen LogP contribution in [0.15, 0.2) is 35.4 Å². The summed E-state index contributed by atoms with van der Waals surface area (Å²) in [6, 6.07) is 8.45. The zero-order chi connectivity index (χ0) is 28.1. The van der Waals surface area contributed by atoms with E-state index in [9.17, 15) is 5.11 Å². The van der Waals surface area contributed by atoms with Crippen molar-refractivity contribution in [3.05, 3.63) is 46.5 Å². The summed E-state index contributed by atoms with van der Waals surface area (Å²) in [7, 11) is 10.3. The molecule has 0 amide bonds. The lowest BCUT2D eigenvalue weighted by Crippen LogP contribution is -2.57. The first kappa shape index (κ1) is 29.2. The molecule has 7 heteroatoms. The van der Waals surface area contributed by atoms with Crippen LogP contribution in [0.1, 0.15) is 81.6 Å². The first-order valence-corrected chi connectivity index (χ1v) is 14.4. The van der Waals surface area contributed by atoms with E-state index in [0.717, 1.165) is 43.2 Å². The Kier molecular flexibility index (Phi) is 8.10. The smallest absolute Gasteiger partial charge is 0.183 e. The summed E-state index contributed by atoms with van der Waals surface area (Å²) in [5.74, 6) is 0.114. The molecule has 218 valence electrons. The Labute approximate surface area is 234 Å². The van der Waals surface area contributed by atoms with Crippen LogP contribution < -0.4 is 0 Å². The number of hydrogen-bond donors (Lipinski definition) is 1. The first-order chi connectivity index (χ1) is 18.7. The second-order valence-corrected chi connectivity index (χ2v) is 12.5. The van der Waals surface area contributed by atoms with E-state index in [1.165, 1.54) is 11.1 Å². The van der Waals surface area contributed by atoms with E-state index >= 15 is 0 Å². The Balaban J connectivity index is 1.59. The van der Waals surface area contributed by atoms with Gasteiger partial charge in [-0.1, -0.05) is 36.8 Å². The lowest BCUT2D eigenvalue weighted by Gasteiger charge is -2.57. The maximum Gasteiger partial charge on any atom is 0.183 e. The molecule has 3 fully saturated rings. The molecule has 0 radical (unpaired) electrons. The molecule has 0 saturated heterocycles. The minimum atomic E-state index is -0.960. The van der Waals surface area contributed by atoms with E-state index < -0.39 is 17.7 Å². The normalized spacial score (nSPS) is 37.5. The second-order valence-electron chi connectivity index (χ2n) is 12.5. The van der Waals surface area contributed by atoms with Crippen LogP contribution in [0.2, 0.25) is 0 Å². The van der Waals surface area contributed by atoms with Gasteiger partial charge in [-0.2, -0.15) is 0 Å². The van der Waals surface area contributed by atoms with Crippen molar-refractivity contribution in [3.8, 4) is 0 Å². The topological polar surface area (TPSA) is 75.6 Å². The van der Waals surface area contributed by atoms with Crippen molar-refractivity contribution in [1.29, 1.82) is 0 Å². The number of allylic oxidation sites excluding steroid dienone is 1. The predicted molar refractivity (Wildman–Crippen MR) is 148 cm³/mol. The fourth-order valence-electron chi connectivity index (χ4n) is 9.21. The third-order valence-corrected chi connectivity index (χ3v) is 11.3. The molecule has 0 heterocycles. The highest BCUT2D eigenvalue weighted by atomic mass is 16.7. The maximum absolute atomic E-state index is 12.4. The standard InChI is InChI=1S/C32H48O7/c1-29-15-12-24-23(26(29)14-17-31(29,37-5)20-34-2)13-16-30(33)19-32(38-6,39-7)18-25(27(24)30)21-8-10-22(11-9-21)28(35-3)36-4/h8-11,23,25-26,28,33H,12-20H2,1-7H3/t23-,25?,26+,29+,30-,31-/m1/s1. The van der Waals surface area contributed by atoms with Gasteiger partial charge >= 0.3 is 0 Å². The lowest BCUT2D eigenvalue weighted by atomic mass is 9.51. The van der Waals surface area contributed by atoms with Crippen molar-refractivity contribution >= 4 is 0 Å². The fraction of sp³-hybridized carbons (Fsp3) is 0.750. The van der Waals surface area contributed by atoms with Gasteiger partial charge in [-0.3, -0.25) is 0 Å². The number of fused-ring (bicyclic) bond motifs is 4. The fourth-order valence-corrected chi connectivity index (χ4v) is 9.21. The van der Waals surface area contributed by atoms with E-state index in [1.807, 2.05) is 7.11 Å². The number of aliphatic hydroxyl groups is 1. The van der Waals surface area contributed by atoms with Crippen LogP contribution >= 0.6 is 0 Å². The minimum absolute atomic E-state index is 0.00374. The average Bonchev–Trinajstić information content (AvgIpc) is 3.25. The molecule has 0 aliphatic heterocycles. The molecule has 4 aliphatic rings. The summed E-state index contributed by atoms with van der Waals surface area (Å²) in [5.41, 5.74) is 3.65. The zero-order valence-electron chi connectivity index (χ0n) is 24.9. The monoisotopic (exact) mass is 544 g/mol. The van der Waals surface area contributed by atoms with Gasteiger partial charge in [0, 0.05) is 72.4 Å². The number of hydrogen-bond acceptors (Lipinski definition) is 7. The van der Waals surface area contributed by atoms with Crippen molar-refractivity contribution in [1.82, 2.24) is 0 Å². The number of methoxy groups -OCH3 is 6. The molecule has 5 rings (SSSR count). The molecule has 4 aliphatic carbocycles. The summed E-state index contributed by atoms with van der Waals surface area (Å²) in [4.78, 5) is 0. The molecule has 7 nitrogen and oxygen atoms in total. The van der Waals surface area contributed by atoms with Crippen LogP contribution in [-0.4, -0.2) is 71.4 Å². The van der Waals surface area contributed by atoms with Gasteiger partial charge in [-0.15, -0.1) is 0 Å². The first-order valence-electron chi connectivity index (χ1n) is 14.4. The second kappa shape index (κ2) is 10.8. The van der Waals surface area contributed by atoms with E-state index in [2.05, 4.69) is 31.2 Å². The number of benzene rings is 1. The molecule has 1 aromatic rings. The van der Waals surface area contributed by atoms with Gasteiger partial charge in [0.1, 0.15) is 0 Å². The van der Waals surface area contributed by atoms with Crippen LogP contribution in [0.5, 0.6) is 0 Å². The number of ether oxygens (including phenoxy) is 6. The lowest BCUT2D eigenvalue weighted by molar-refractivity contribution is -0.249. The third kappa shape index (κ3) is 4.44. The van der Waals surface area contributed by atoms with Crippen molar-refractivity contribution in [2.45, 2.75) is 87.5 Å². The molecule has 1 aromatic carbocycles. The Bertz CT molecular complexity index is 1050. The molecule has 0 aromatic heterocycles. The van der Waals surface area contributed by atoms with Gasteiger partial charge in [0.25, 0.3) is 0 Å². The highest BCUT2D eigenvalue weighted by molar-refractivity contribution is 5.45. The molecule has 39 heavy (non-hydrogen) atoms. The predicted octanol–water partition coefficient (Wildman–Crippen LogP) is 5.52. The Hall–Kier alpha value is -1.32. The quantitative estimate of drug-likeness (QED) is 0.324. The highest BCUT2D eigenvalue weighted by Crippen LogP contribution is 2.66. The molecular weight excluding hydrogens is 496 g/mol. The van der Waals surface area contributed by atoms with Crippen LogP contribution in [0.3, 0.4) is 0 Å². The summed E-state index contributed by atoms with van der Waals surface area (Å²) in [6.07, 6.45) is 6.55. The highest BCUT2D eigenvalue weighted by Gasteiger charge is 2.64. The molecule has 1 unspecified atom stereocenters. The maximum atomic E-state index is 12.4. The van der Waals surface area contributed by atoms with Crippen molar-refractivity contribution < 1.29 is 33.5 Å². The summed E-state index contributed by atoms with van der Waals surface area (Å²) in [5, 5.41) is 12.4. The van der Waals surface area contributed by atoms with Crippen molar-refractivity contribution in [2.75, 3.05) is 49.3 Å².